The molecule has 0 radical (unpaired) electrons. The Labute approximate surface area is 275 Å². The van der Waals surface area contributed by atoms with Crippen molar-refractivity contribution in [1.82, 2.24) is 0 Å². The molecule has 5 atom stereocenters. The second kappa shape index (κ2) is 14.6. The predicted octanol–water partition coefficient (Wildman–Crippen LogP) is 6.47. The van der Waals surface area contributed by atoms with Crippen LogP contribution in [0.4, 0.5) is 0 Å². The van der Waals surface area contributed by atoms with Gasteiger partial charge in [0.15, 0.2) is 20.5 Å². The second-order valence-corrected chi connectivity index (χ2v) is 19.4. The number of methoxy groups -OCH3 is 2. The molecule has 1 unspecified atom stereocenters. The summed E-state index contributed by atoms with van der Waals surface area (Å²) in [7, 11) is 0.116. The van der Waals surface area contributed by atoms with Gasteiger partial charge in [-0.15, -0.1) is 0 Å². The molecule has 1 fully saturated rings. The van der Waals surface area contributed by atoms with E-state index in [0.29, 0.717) is 6.42 Å². The Bertz CT molecular complexity index is 1290. The van der Waals surface area contributed by atoms with E-state index in [-0.39, 0.29) is 36.4 Å². The van der Waals surface area contributed by atoms with E-state index in [1.54, 1.807) is 13.0 Å². The Morgan fingerprint density at radius 1 is 1.09 bits per heavy atom. The van der Waals surface area contributed by atoms with E-state index in [4.69, 9.17) is 23.4 Å². The summed E-state index contributed by atoms with van der Waals surface area (Å²) in [6, 6.07) is 9.73. The topological polar surface area (TPSA) is 118 Å². The van der Waals surface area contributed by atoms with Gasteiger partial charge in [-0.3, -0.25) is 14.4 Å². The quantitative estimate of drug-likeness (QED) is 0.117. The van der Waals surface area contributed by atoms with Gasteiger partial charge in [0, 0.05) is 29.7 Å². The minimum Gasteiger partial charge on any atom is -0.468 e. The molecule has 1 aliphatic carbocycles. The van der Waals surface area contributed by atoms with Crippen LogP contribution in [0.2, 0.25) is 18.1 Å². The van der Waals surface area contributed by atoms with Crippen LogP contribution in [0.15, 0.2) is 53.6 Å². The molecule has 1 aromatic carbocycles. The van der Waals surface area contributed by atoms with Crippen LogP contribution in [-0.4, -0.2) is 69.8 Å². The zero-order valence-corrected chi connectivity index (χ0v) is 30.5. The van der Waals surface area contributed by atoms with Gasteiger partial charge in [-0.25, -0.2) is 0 Å². The van der Waals surface area contributed by atoms with Gasteiger partial charge >= 0.3 is 11.9 Å². The van der Waals surface area contributed by atoms with Crippen LogP contribution in [0, 0.1) is 17.3 Å². The monoisotopic (exact) mass is 658 g/mol. The molecule has 1 aliphatic heterocycles. The number of carbonyl (C=O) groups is 3. The van der Waals surface area contributed by atoms with Crippen molar-refractivity contribution in [3.05, 3.63) is 59.2 Å². The van der Waals surface area contributed by atoms with E-state index in [2.05, 4.69) is 47.7 Å². The Hall–Kier alpha value is -2.63. The summed E-state index contributed by atoms with van der Waals surface area (Å²) in [6.45, 7) is 18.8. The number of aliphatic hydroxyl groups is 1. The molecule has 1 N–H and O–H groups in total. The molecule has 46 heavy (non-hydrogen) atoms. The lowest BCUT2D eigenvalue weighted by Gasteiger charge is -2.54. The van der Waals surface area contributed by atoms with E-state index in [1.165, 1.54) is 14.2 Å². The summed E-state index contributed by atoms with van der Waals surface area (Å²) in [5.74, 6) is -3.42. The maximum absolute atomic E-state index is 14.0. The zero-order chi connectivity index (χ0) is 34.7. The molecule has 1 spiro atoms. The van der Waals surface area contributed by atoms with Crippen molar-refractivity contribution in [2.24, 2.45) is 17.3 Å². The Morgan fingerprint density at radius 3 is 2.20 bits per heavy atom. The third kappa shape index (κ3) is 7.57. The highest BCUT2D eigenvalue weighted by molar-refractivity contribution is 6.74. The number of hydrogen-bond donors (Lipinski definition) is 1. The van der Waals surface area contributed by atoms with E-state index in [0.717, 1.165) is 16.7 Å². The van der Waals surface area contributed by atoms with Gasteiger partial charge in [0.25, 0.3) is 0 Å². The normalized spacial score (nSPS) is 25.7. The number of ketones is 1. The van der Waals surface area contributed by atoms with Crippen LogP contribution >= 0.6 is 0 Å². The Kier molecular flexibility index (Phi) is 12.0. The number of esters is 2. The van der Waals surface area contributed by atoms with Crippen molar-refractivity contribution in [1.29, 1.82) is 0 Å². The summed E-state index contributed by atoms with van der Waals surface area (Å²) >= 11 is 0. The molecule has 0 bridgehead atoms. The first-order valence-electron chi connectivity index (χ1n) is 16.1. The van der Waals surface area contributed by atoms with Crippen molar-refractivity contribution in [2.45, 2.75) is 110 Å². The minimum absolute atomic E-state index is 0.0302. The van der Waals surface area contributed by atoms with Gasteiger partial charge in [0.05, 0.1) is 26.9 Å². The van der Waals surface area contributed by atoms with Crippen LogP contribution in [-0.2, 0) is 37.8 Å². The maximum Gasteiger partial charge on any atom is 0.320 e. The first kappa shape index (κ1) is 37.8. The molecule has 3 rings (SSSR count). The highest BCUT2D eigenvalue weighted by Gasteiger charge is 2.63. The van der Waals surface area contributed by atoms with Gasteiger partial charge in [-0.05, 0) is 37.0 Å². The van der Waals surface area contributed by atoms with Crippen LogP contribution in [0.25, 0.3) is 0 Å². The lowest BCUT2D eigenvalue weighted by molar-refractivity contribution is -0.159. The highest BCUT2D eigenvalue weighted by atomic mass is 28.4. The van der Waals surface area contributed by atoms with E-state index >= 15 is 0 Å². The molecule has 0 saturated carbocycles. The van der Waals surface area contributed by atoms with Crippen LogP contribution in [0.3, 0.4) is 0 Å². The van der Waals surface area contributed by atoms with Crippen LogP contribution in [0.5, 0.6) is 0 Å². The fourth-order valence-electron chi connectivity index (χ4n) is 6.39. The molecule has 2 aliphatic rings. The van der Waals surface area contributed by atoms with Crippen molar-refractivity contribution in [3.8, 4) is 0 Å². The fraction of sp³-hybridized carbons (Fsp3) is 0.639. The third-order valence-electron chi connectivity index (χ3n) is 10.5. The summed E-state index contributed by atoms with van der Waals surface area (Å²) in [6.07, 6.45) is 2.48. The third-order valence-corrected chi connectivity index (χ3v) is 15.0. The maximum atomic E-state index is 14.0. The van der Waals surface area contributed by atoms with Gasteiger partial charge < -0.3 is 28.5 Å². The average molecular weight is 659 g/mol. The number of Topliss-reactive ketones (excluding diaryl/α,β-unsaturated/α-hetero) is 1. The minimum atomic E-state index is -2.30. The van der Waals surface area contributed by atoms with E-state index in [1.807, 2.05) is 43.3 Å². The van der Waals surface area contributed by atoms with Gasteiger partial charge in [0.1, 0.15) is 17.5 Å². The molecule has 0 aromatic heterocycles. The number of benzene rings is 1. The molecular weight excluding hydrogens is 604 g/mol. The molecule has 10 heteroatoms. The average Bonchev–Trinajstić information content (AvgIpc) is 3.38. The van der Waals surface area contributed by atoms with Crippen LogP contribution < -0.4 is 0 Å². The standard InChI is InChI=1S/C36H54O9Si/c1-23(20-26(31(39)41-8)32(40)42-9)28(38)21-27-24(2)29(45-46(10,11)34(3,4)5)22-36(35(27,6)7)30(18-15-19-37)43-33(44-36)25-16-13-12-14-17-25/h12-18,23,26,29-30,33,37H,19-22H2,1-11H3/b18-15+/t23?,29-,30-,33-,36+/m0/s1. The highest BCUT2D eigenvalue weighted by Crippen LogP contribution is 2.59. The second-order valence-electron chi connectivity index (χ2n) is 14.7. The molecule has 1 aromatic rings. The first-order valence-corrected chi connectivity index (χ1v) is 19.0. The number of aliphatic hydroxyl groups excluding tert-OH is 1. The summed E-state index contributed by atoms with van der Waals surface area (Å²) in [5.41, 5.74) is 1.05. The SMILES string of the molecule is COC(=O)C(CC(C)C(=O)CC1=C(C)[C@@H](O[Si](C)(C)C(C)(C)C)C[C@]2(O[C@@H](c3ccccc3)O[C@H]2/C=C/CO)C1(C)C)C(=O)OC. The van der Waals surface area contributed by atoms with Crippen LogP contribution in [0.1, 0.15) is 79.6 Å². The Balaban J connectivity index is 2.13. The van der Waals surface area contributed by atoms with E-state index < -0.39 is 55.5 Å². The lowest BCUT2D eigenvalue weighted by atomic mass is 9.58. The molecule has 9 nitrogen and oxygen atoms in total. The fourth-order valence-corrected chi connectivity index (χ4v) is 7.72. The molecular formula is C36H54O9Si. The number of rotatable bonds is 12. The predicted molar refractivity (Wildman–Crippen MR) is 178 cm³/mol. The number of hydrogen-bond acceptors (Lipinski definition) is 9. The first-order chi connectivity index (χ1) is 21.4. The van der Waals surface area contributed by atoms with Crippen molar-refractivity contribution in [2.75, 3.05) is 20.8 Å². The molecule has 0 amide bonds. The van der Waals surface area contributed by atoms with Crippen molar-refractivity contribution < 1.29 is 42.9 Å². The smallest absolute Gasteiger partial charge is 0.320 e. The Morgan fingerprint density at radius 2 is 1.67 bits per heavy atom. The van der Waals surface area contributed by atoms with Gasteiger partial charge in [0.2, 0.25) is 0 Å². The number of ether oxygens (including phenoxy) is 4. The lowest BCUT2D eigenvalue weighted by Crippen LogP contribution is -2.59. The van der Waals surface area contributed by atoms with Gasteiger partial charge in [-0.1, -0.05) is 89.6 Å². The van der Waals surface area contributed by atoms with Crippen molar-refractivity contribution >= 4 is 26.0 Å². The van der Waals surface area contributed by atoms with Crippen molar-refractivity contribution in [3.63, 3.8) is 0 Å². The summed E-state index contributed by atoms with van der Waals surface area (Å²) in [4.78, 5) is 38.8. The summed E-state index contributed by atoms with van der Waals surface area (Å²) < 4.78 is 30.4. The van der Waals surface area contributed by atoms with Gasteiger partial charge in [-0.2, -0.15) is 0 Å². The molecule has 1 heterocycles. The van der Waals surface area contributed by atoms with E-state index in [9.17, 15) is 19.5 Å². The largest absolute Gasteiger partial charge is 0.468 e. The number of carbonyl (C=O) groups excluding carboxylic acids is 3. The molecule has 256 valence electrons. The molecule has 1 saturated heterocycles. The zero-order valence-electron chi connectivity index (χ0n) is 29.5. The summed E-state index contributed by atoms with van der Waals surface area (Å²) in [5, 5.41) is 9.69.